The van der Waals surface area contributed by atoms with Crippen LogP contribution in [-0.4, -0.2) is 17.9 Å². The van der Waals surface area contributed by atoms with Crippen molar-refractivity contribution < 1.29 is 31.1 Å². The highest BCUT2D eigenvalue weighted by molar-refractivity contribution is 5.83. The summed E-state index contributed by atoms with van der Waals surface area (Å²) < 4.78 is 80.7. The minimum absolute atomic E-state index is 0.218. The van der Waals surface area contributed by atoms with Gasteiger partial charge in [-0.05, 0) is 66.8 Å². The number of pyridine rings is 1. The van der Waals surface area contributed by atoms with Crippen LogP contribution >= 0.6 is 0 Å². The zero-order chi connectivity index (χ0) is 25.8. The van der Waals surface area contributed by atoms with Crippen molar-refractivity contribution in [1.29, 1.82) is 0 Å². The van der Waals surface area contributed by atoms with E-state index in [1.54, 1.807) is 13.0 Å². The molecule has 2 N–H and O–H groups in total. The molecule has 10 heteroatoms. The zero-order valence-corrected chi connectivity index (χ0v) is 18.9. The fourth-order valence-electron chi connectivity index (χ4n) is 3.67. The Morgan fingerprint density at radius 3 is 2.31 bits per heavy atom. The Bertz CT molecular complexity index is 1180. The van der Waals surface area contributed by atoms with Crippen molar-refractivity contribution in [3.63, 3.8) is 0 Å². The molecular weight excluding hydrogens is 472 g/mol. The van der Waals surface area contributed by atoms with Gasteiger partial charge in [0, 0.05) is 24.8 Å². The van der Waals surface area contributed by atoms with E-state index in [0.29, 0.717) is 16.7 Å². The van der Waals surface area contributed by atoms with Crippen LogP contribution in [0.1, 0.15) is 46.5 Å². The van der Waals surface area contributed by atoms with E-state index in [2.05, 4.69) is 15.6 Å². The van der Waals surface area contributed by atoms with Crippen molar-refractivity contribution in [2.24, 2.45) is 0 Å². The van der Waals surface area contributed by atoms with Crippen LogP contribution in [0.5, 0.6) is 0 Å². The molecule has 186 valence electrons. The van der Waals surface area contributed by atoms with E-state index >= 15 is 0 Å². The molecule has 0 radical (unpaired) electrons. The first-order valence-corrected chi connectivity index (χ1v) is 10.7. The molecule has 2 aromatic carbocycles. The Labute approximate surface area is 198 Å². The summed E-state index contributed by atoms with van der Waals surface area (Å²) in [5.41, 5.74) is 0.154. The molecule has 1 aromatic heterocycles. The second kappa shape index (κ2) is 10.9. The first-order valence-electron chi connectivity index (χ1n) is 10.7. The molecule has 35 heavy (non-hydrogen) atoms. The molecule has 3 rings (SSSR count). The first-order chi connectivity index (χ1) is 16.5. The maximum Gasteiger partial charge on any atom is 0.433 e. The first kappa shape index (κ1) is 26.2. The SMILES string of the molecule is CNC(=O)[C@H](N[C@H](CCc1ccc(C(F)(F)F)nc1)c1ccc(F)c(C)c1)c1cc(F)ccc1F. The van der Waals surface area contributed by atoms with Crippen molar-refractivity contribution in [3.05, 3.63) is 100 Å². The lowest BCUT2D eigenvalue weighted by molar-refractivity contribution is -0.141. The normalized spacial score (nSPS) is 13.4. The number of nitrogens with one attached hydrogen (secondary N) is 2. The third-order valence-corrected chi connectivity index (χ3v) is 5.57. The van der Waals surface area contributed by atoms with Crippen molar-refractivity contribution in [2.75, 3.05) is 7.05 Å². The predicted molar refractivity (Wildman–Crippen MR) is 118 cm³/mol. The molecule has 0 bridgehead atoms. The van der Waals surface area contributed by atoms with Gasteiger partial charge < -0.3 is 5.32 Å². The Morgan fingerprint density at radius 2 is 1.71 bits per heavy atom. The van der Waals surface area contributed by atoms with E-state index in [4.69, 9.17) is 0 Å². The third-order valence-electron chi connectivity index (χ3n) is 5.57. The summed E-state index contributed by atoms with van der Waals surface area (Å²) in [6.45, 7) is 1.55. The van der Waals surface area contributed by atoms with Gasteiger partial charge in [-0.2, -0.15) is 13.2 Å². The minimum Gasteiger partial charge on any atom is -0.358 e. The molecule has 4 nitrogen and oxygen atoms in total. The fourth-order valence-corrected chi connectivity index (χ4v) is 3.67. The molecule has 0 unspecified atom stereocenters. The second-order valence-corrected chi connectivity index (χ2v) is 8.03. The minimum atomic E-state index is -4.57. The van der Waals surface area contributed by atoms with Crippen LogP contribution in [0.15, 0.2) is 54.7 Å². The van der Waals surface area contributed by atoms with Crippen LogP contribution in [0.3, 0.4) is 0 Å². The van der Waals surface area contributed by atoms with Crippen molar-refractivity contribution >= 4 is 5.91 Å². The number of amides is 1. The molecule has 0 aliphatic rings. The van der Waals surface area contributed by atoms with Crippen LogP contribution < -0.4 is 10.6 Å². The van der Waals surface area contributed by atoms with Gasteiger partial charge in [-0.25, -0.2) is 13.2 Å². The molecule has 1 amide bonds. The summed E-state index contributed by atoms with van der Waals surface area (Å²) in [5, 5.41) is 5.43. The number of likely N-dealkylation sites (N-methyl/N-ethyl adjacent to an activating group) is 1. The molecule has 0 spiro atoms. The van der Waals surface area contributed by atoms with Crippen LogP contribution in [0.4, 0.5) is 26.3 Å². The Morgan fingerprint density at radius 1 is 1.00 bits per heavy atom. The van der Waals surface area contributed by atoms with Crippen LogP contribution in [-0.2, 0) is 17.4 Å². The van der Waals surface area contributed by atoms with Gasteiger partial charge in [0.15, 0.2) is 0 Å². The summed E-state index contributed by atoms with van der Waals surface area (Å²) >= 11 is 0. The predicted octanol–water partition coefficient (Wildman–Crippen LogP) is 5.58. The average Bonchev–Trinajstić information content (AvgIpc) is 2.82. The quantitative estimate of drug-likeness (QED) is 0.402. The smallest absolute Gasteiger partial charge is 0.358 e. The Hall–Kier alpha value is -3.40. The van der Waals surface area contributed by atoms with Crippen molar-refractivity contribution in [2.45, 2.75) is 38.0 Å². The monoisotopic (exact) mass is 495 g/mol. The van der Waals surface area contributed by atoms with E-state index in [9.17, 15) is 31.1 Å². The van der Waals surface area contributed by atoms with E-state index in [0.717, 1.165) is 30.5 Å². The van der Waals surface area contributed by atoms with Gasteiger partial charge >= 0.3 is 6.18 Å². The van der Waals surface area contributed by atoms with Crippen LogP contribution in [0, 0.1) is 24.4 Å². The van der Waals surface area contributed by atoms with E-state index in [1.165, 1.54) is 25.2 Å². The number of hydrogen-bond donors (Lipinski definition) is 2. The molecule has 1 heterocycles. The molecular formula is C25H23F6N3O. The third kappa shape index (κ3) is 6.60. The standard InChI is InChI=1S/C25H23F6N3O/c1-14-11-16(5-7-19(14)27)21(9-3-15-4-10-22(33-13-15)25(29,30)31)34-23(24(35)32-2)18-12-17(26)6-8-20(18)28/h4-8,10-13,21,23,34H,3,9H2,1-2H3,(H,32,35)/t21-,23-/m1/s1. The maximum atomic E-state index is 14.5. The number of alkyl halides is 3. The number of carbonyl (C=O) groups is 1. The van der Waals surface area contributed by atoms with Crippen molar-refractivity contribution in [1.82, 2.24) is 15.6 Å². The fraction of sp³-hybridized carbons (Fsp3) is 0.280. The summed E-state index contributed by atoms with van der Waals surface area (Å²) in [6.07, 6.45) is -2.98. The summed E-state index contributed by atoms with van der Waals surface area (Å²) in [6, 6.07) is 7.25. The highest BCUT2D eigenvalue weighted by atomic mass is 19.4. The molecule has 0 fully saturated rings. The van der Waals surface area contributed by atoms with E-state index in [-0.39, 0.29) is 18.4 Å². The number of aryl methyl sites for hydroxylation is 2. The van der Waals surface area contributed by atoms with Crippen LogP contribution in [0.25, 0.3) is 0 Å². The Balaban J connectivity index is 1.93. The molecule has 0 saturated carbocycles. The highest BCUT2D eigenvalue weighted by Gasteiger charge is 2.32. The number of aromatic nitrogens is 1. The van der Waals surface area contributed by atoms with E-state index < -0.39 is 47.3 Å². The van der Waals surface area contributed by atoms with Crippen molar-refractivity contribution in [3.8, 4) is 0 Å². The number of rotatable bonds is 8. The maximum absolute atomic E-state index is 14.5. The van der Waals surface area contributed by atoms with Gasteiger partial charge in [0.2, 0.25) is 5.91 Å². The summed E-state index contributed by atoms with van der Waals surface area (Å²) in [4.78, 5) is 16.1. The lowest BCUT2D eigenvalue weighted by Crippen LogP contribution is -2.38. The number of carbonyl (C=O) groups excluding carboxylic acids is 1. The zero-order valence-electron chi connectivity index (χ0n) is 18.9. The molecule has 3 aromatic rings. The molecule has 2 atom stereocenters. The molecule has 0 saturated heterocycles. The van der Waals surface area contributed by atoms with Gasteiger partial charge in [0.1, 0.15) is 29.2 Å². The van der Waals surface area contributed by atoms with Crippen LogP contribution in [0.2, 0.25) is 0 Å². The highest BCUT2D eigenvalue weighted by Crippen LogP contribution is 2.29. The number of halogens is 6. The van der Waals surface area contributed by atoms with Gasteiger partial charge in [0.25, 0.3) is 0 Å². The average molecular weight is 495 g/mol. The van der Waals surface area contributed by atoms with Gasteiger partial charge in [-0.15, -0.1) is 0 Å². The van der Waals surface area contributed by atoms with E-state index in [1.807, 2.05) is 0 Å². The largest absolute Gasteiger partial charge is 0.433 e. The Kier molecular flexibility index (Phi) is 8.16. The lowest BCUT2D eigenvalue weighted by Gasteiger charge is -2.26. The summed E-state index contributed by atoms with van der Waals surface area (Å²) in [7, 11) is 1.35. The lowest BCUT2D eigenvalue weighted by atomic mass is 9.95. The molecule has 0 aliphatic carbocycles. The van der Waals surface area contributed by atoms with Gasteiger partial charge in [0.05, 0.1) is 0 Å². The second-order valence-electron chi connectivity index (χ2n) is 8.03. The number of benzene rings is 2. The topological polar surface area (TPSA) is 54.0 Å². The number of hydrogen-bond acceptors (Lipinski definition) is 3. The molecule has 0 aliphatic heterocycles. The summed E-state index contributed by atoms with van der Waals surface area (Å²) in [5.74, 6) is -2.61. The van der Waals surface area contributed by atoms with Gasteiger partial charge in [-0.3, -0.25) is 15.1 Å². The number of nitrogens with zero attached hydrogens (tertiary/aromatic N) is 1. The van der Waals surface area contributed by atoms with Gasteiger partial charge in [-0.1, -0.05) is 18.2 Å².